The van der Waals surface area contributed by atoms with Crippen LogP contribution in [0, 0.1) is 0 Å². The number of nitrogens with zero attached hydrogens (tertiary/aromatic N) is 2. The summed E-state index contributed by atoms with van der Waals surface area (Å²) in [6, 6.07) is 18.4. The molecular weight excluding hydrogens is 379 g/mol. The van der Waals surface area contributed by atoms with E-state index >= 15 is 0 Å². The second kappa shape index (κ2) is 7.09. The SMILES string of the molecule is NC(=O)Cc1cn(-c2cccc(C(F)(F)F)c2)nc1-c1ccc2ccccc2c1. The first-order chi connectivity index (χ1) is 13.8. The zero-order valence-corrected chi connectivity index (χ0v) is 15.1. The molecule has 1 aromatic heterocycles. The van der Waals surface area contributed by atoms with Crippen LogP contribution in [0.2, 0.25) is 0 Å². The number of carbonyl (C=O) groups is 1. The Bertz CT molecular complexity index is 1210. The molecule has 0 saturated heterocycles. The van der Waals surface area contributed by atoms with E-state index in [1.165, 1.54) is 16.8 Å². The summed E-state index contributed by atoms with van der Waals surface area (Å²) in [4.78, 5) is 11.5. The number of benzene rings is 3. The monoisotopic (exact) mass is 395 g/mol. The van der Waals surface area contributed by atoms with Crippen molar-refractivity contribution < 1.29 is 18.0 Å². The van der Waals surface area contributed by atoms with Crippen molar-refractivity contribution in [1.29, 1.82) is 0 Å². The van der Waals surface area contributed by atoms with E-state index in [1.54, 1.807) is 6.20 Å². The zero-order valence-electron chi connectivity index (χ0n) is 15.1. The van der Waals surface area contributed by atoms with Crippen LogP contribution in [0.4, 0.5) is 13.2 Å². The van der Waals surface area contributed by atoms with E-state index in [0.29, 0.717) is 11.3 Å². The molecule has 146 valence electrons. The van der Waals surface area contributed by atoms with E-state index in [0.717, 1.165) is 28.5 Å². The number of primary amides is 1. The number of hydrogen-bond acceptors (Lipinski definition) is 2. The minimum absolute atomic E-state index is 0.0683. The Morgan fingerprint density at radius 3 is 2.45 bits per heavy atom. The first kappa shape index (κ1) is 18.7. The Labute approximate surface area is 164 Å². The van der Waals surface area contributed by atoms with Crippen LogP contribution in [0.3, 0.4) is 0 Å². The van der Waals surface area contributed by atoms with Gasteiger partial charge in [0.15, 0.2) is 0 Å². The molecule has 4 aromatic rings. The van der Waals surface area contributed by atoms with Crippen LogP contribution in [0.5, 0.6) is 0 Å². The van der Waals surface area contributed by atoms with Gasteiger partial charge in [-0.1, -0.05) is 42.5 Å². The van der Waals surface area contributed by atoms with E-state index in [4.69, 9.17) is 5.73 Å². The molecule has 1 heterocycles. The number of halogens is 3. The Morgan fingerprint density at radius 1 is 0.966 bits per heavy atom. The van der Waals surface area contributed by atoms with Gasteiger partial charge in [-0.05, 0) is 35.0 Å². The van der Waals surface area contributed by atoms with Gasteiger partial charge >= 0.3 is 6.18 Å². The third-order valence-electron chi connectivity index (χ3n) is 4.62. The molecule has 0 radical (unpaired) electrons. The number of rotatable bonds is 4. The fourth-order valence-electron chi connectivity index (χ4n) is 3.26. The number of fused-ring (bicyclic) bond motifs is 1. The highest BCUT2D eigenvalue weighted by Gasteiger charge is 2.30. The lowest BCUT2D eigenvalue weighted by atomic mass is 10.0. The third kappa shape index (κ3) is 3.85. The van der Waals surface area contributed by atoms with Gasteiger partial charge in [0.25, 0.3) is 0 Å². The van der Waals surface area contributed by atoms with Gasteiger partial charge in [-0.2, -0.15) is 18.3 Å². The number of aromatic nitrogens is 2. The van der Waals surface area contributed by atoms with Crippen molar-refractivity contribution >= 4 is 16.7 Å². The Morgan fingerprint density at radius 2 is 1.72 bits per heavy atom. The van der Waals surface area contributed by atoms with Crippen LogP contribution < -0.4 is 5.73 Å². The molecule has 4 rings (SSSR count). The second-order valence-corrected chi connectivity index (χ2v) is 6.70. The average molecular weight is 395 g/mol. The highest BCUT2D eigenvalue weighted by molar-refractivity contribution is 5.88. The predicted molar refractivity (Wildman–Crippen MR) is 104 cm³/mol. The maximum absolute atomic E-state index is 13.1. The van der Waals surface area contributed by atoms with E-state index in [1.807, 2.05) is 42.5 Å². The van der Waals surface area contributed by atoms with Crippen molar-refractivity contribution in [2.24, 2.45) is 5.73 Å². The Balaban J connectivity index is 1.84. The molecule has 29 heavy (non-hydrogen) atoms. The molecule has 0 aliphatic carbocycles. The second-order valence-electron chi connectivity index (χ2n) is 6.70. The summed E-state index contributed by atoms with van der Waals surface area (Å²) in [6.45, 7) is 0. The van der Waals surface area contributed by atoms with Crippen molar-refractivity contribution in [2.45, 2.75) is 12.6 Å². The minimum atomic E-state index is -4.46. The number of carbonyl (C=O) groups excluding carboxylic acids is 1. The topological polar surface area (TPSA) is 60.9 Å². The largest absolute Gasteiger partial charge is 0.416 e. The smallest absolute Gasteiger partial charge is 0.369 e. The normalized spacial score (nSPS) is 11.7. The first-order valence-electron chi connectivity index (χ1n) is 8.85. The van der Waals surface area contributed by atoms with Crippen LogP contribution >= 0.6 is 0 Å². The number of nitrogens with two attached hydrogens (primary N) is 1. The molecule has 7 heteroatoms. The van der Waals surface area contributed by atoms with Gasteiger partial charge in [-0.15, -0.1) is 0 Å². The van der Waals surface area contributed by atoms with Crippen LogP contribution in [-0.4, -0.2) is 15.7 Å². The number of alkyl halides is 3. The molecule has 0 unspecified atom stereocenters. The highest BCUT2D eigenvalue weighted by atomic mass is 19.4. The van der Waals surface area contributed by atoms with Gasteiger partial charge in [-0.3, -0.25) is 4.79 Å². The van der Waals surface area contributed by atoms with E-state index < -0.39 is 17.6 Å². The van der Waals surface area contributed by atoms with Gasteiger partial charge in [0.2, 0.25) is 5.91 Å². The molecule has 1 amide bonds. The van der Waals surface area contributed by atoms with Crippen LogP contribution in [0.25, 0.3) is 27.7 Å². The van der Waals surface area contributed by atoms with Crippen LogP contribution in [-0.2, 0) is 17.4 Å². The molecule has 0 spiro atoms. The maximum atomic E-state index is 13.1. The summed E-state index contributed by atoms with van der Waals surface area (Å²) in [6.07, 6.45) is -2.98. The molecule has 0 fully saturated rings. The van der Waals surface area contributed by atoms with Gasteiger partial charge in [0.05, 0.1) is 23.4 Å². The Kier molecular flexibility index (Phi) is 4.58. The average Bonchev–Trinajstić information content (AvgIpc) is 3.10. The van der Waals surface area contributed by atoms with Crippen molar-refractivity contribution in [3.8, 4) is 16.9 Å². The standard InChI is InChI=1S/C22H16F3N3O/c23-22(24,25)18-6-3-7-19(12-18)28-13-17(11-20(26)29)21(27-28)16-9-8-14-4-1-2-5-15(14)10-16/h1-10,12-13H,11H2,(H2,26,29). The molecule has 0 saturated carbocycles. The van der Waals surface area contributed by atoms with Crippen molar-refractivity contribution in [2.75, 3.05) is 0 Å². The summed E-state index contributed by atoms with van der Waals surface area (Å²) in [5, 5.41) is 6.51. The van der Waals surface area contributed by atoms with E-state index in [9.17, 15) is 18.0 Å². The summed E-state index contributed by atoms with van der Waals surface area (Å²) in [7, 11) is 0. The lowest BCUT2D eigenvalue weighted by Gasteiger charge is -2.08. The summed E-state index contributed by atoms with van der Waals surface area (Å²) >= 11 is 0. The minimum Gasteiger partial charge on any atom is -0.369 e. The zero-order chi connectivity index (χ0) is 20.6. The predicted octanol–water partition coefficient (Wildman–Crippen LogP) is 4.74. The van der Waals surface area contributed by atoms with Crippen molar-refractivity contribution in [1.82, 2.24) is 9.78 Å². The number of hydrogen-bond donors (Lipinski definition) is 1. The first-order valence-corrected chi connectivity index (χ1v) is 8.85. The lowest BCUT2D eigenvalue weighted by molar-refractivity contribution is -0.137. The summed E-state index contributed by atoms with van der Waals surface area (Å²) < 4.78 is 40.5. The van der Waals surface area contributed by atoms with E-state index in [-0.39, 0.29) is 12.1 Å². The molecule has 3 aromatic carbocycles. The molecule has 4 nitrogen and oxygen atoms in total. The molecule has 0 bridgehead atoms. The highest BCUT2D eigenvalue weighted by Crippen LogP contribution is 2.31. The quantitative estimate of drug-likeness (QED) is 0.543. The van der Waals surface area contributed by atoms with Gasteiger partial charge < -0.3 is 5.73 Å². The molecule has 0 aliphatic rings. The number of amides is 1. The van der Waals surface area contributed by atoms with Crippen molar-refractivity contribution in [3.05, 3.63) is 84.1 Å². The maximum Gasteiger partial charge on any atom is 0.416 e. The fourth-order valence-corrected chi connectivity index (χ4v) is 3.26. The fraction of sp³-hybridized carbons (Fsp3) is 0.0909. The molecule has 0 atom stereocenters. The lowest BCUT2D eigenvalue weighted by Crippen LogP contribution is -2.13. The van der Waals surface area contributed by atoms with Crippen molar-refractivity contribution in [3.63, 3.8) is 0 Å². The summed E-state index contributed by atoms with van der Waals surface area (Å²) in [5.41, 5.74) is 6.65. The molecular formula is C22H16F3N3O. The Hall–Kier alpha value is -3.61. The van der Waals surface area contributed by atoms with Gasteiger partial charge in [0.1, 0.15) is 0 Å². The third-order valence-corrected chi connectivity index (χ3v) is 4.62. The van der Waals surface area contributed by atoms with E-state index in [2.05, 4.69) is 5.10 Å². The van der Waals surface area contributed by atoms with Crippen LogP contribution in [0.15, 0.2) is 72.9 Å². The molecule has 0 aliphatic heterocycles. The van der Waals surface area contributed by atoms with Gasteiger partial charge in [0, 0.05) is 17.3 Å². The van der Waals surface area contributed by atoms with Gasteiger partial charge in [-0.25, -0.2) is 4.68 Å². The van der Waals surface area contributed by atoms with Crippen LogP contribution in [0.1, 0.15) is 11.1 Å². The molecule has 2 N–H and O–H groups in total. The summed E-state index contributed by atoms with van der Waals surface area (Å²) in [5.74, 6) is -0.546.